The lowest BCUT2D eigenvalue weighted by Gasteiger charge is -2.34. The Labute approximate surface area is 139 Å². The van der Waals surface area contributed by atoms with E-state index in [1.165, 1.54) is 29.7 Å². The SMILES string of the molecule is COc1ccc(S(=O)(=O)N2CC(C)Oc3ccc(Cl)cc32)cn1. The van der Waals surface area contributed by atoms with Crippen LogP contribution in [-0.2, 0) is 10.0 Å². The van der Waals surface area contributed by atoms with Gasteiger partial charge in [-0.25, -0.2) is 13.4 Å². The van der Waals surface area contributed by atoms with E-state index in [4.69, 9.17) is 21.1 Å². The number of rotatable bonds is 3. The lowest BCUT2D eigenvalue weighted by Crippen LogP contribution is -2.42. The highest BCUT2D eigenvalue weighted by Crippen LogP contribution is 2.38. The maximum absolute atomic E-state index is 13.0. The first kappa shape index (κ1) is 15.9. The molecular weight excluding hydrogens is 340 g/mol. The Kier molecular flexibility index (Phi) is 4.08. The summed E-state index contributed by atoms with van der Waals surface area (Å²) < 4.78 is 37.8. The summed E-state index contributed by atoms with van der Waals surface area (Å²) in [5.41, 5.74) is 0.423. The van der Waals surface area contributed by atoms with Crippen LogP contribution in [-0.4, -0.2) is 33.2 Å². The standard InChI is InChI=1S/C15H15ClN2O4S/c1-10-9-18(13-7-11(16)3-5-14(13)22-10)23(19,20)12-4-6-15(21-2)17-8-12/h3-8,10H,9H2,1-2H3. The van der Waals surface area contributed by atoms with Gasteiger partial charge in [-0.2, -0.15) is 0 Å². The third-order valence-electron chi connectivity index (χ3n) is 3.45. The maximum Gasteiger partial charge on any atom is 0.266 e. The van der Waals surface area contributed by atoms with Crippen molar-refractivity contribution in [3.8, 4) is 11.6 Å². The minimum atomic E-state index is -3.77. The molecule has 3 rings (SSSR count). The average Bonchev–Trinajstić information content (AvgIpc) is 2.54. The molecule has 2 heterocycles. The van der Waals surface area contributed by atoms with Crippen LogP contribution in [0.5, 0.6) is 11.6 Å². The molecule has 0 N–H and O–H groups in total. The molecular formula is C15H15ClN2O4S. The highest BCUT2D eigenvalue weighted by Gasteiger charge is 2.33. The zero-order chi connectivity index (χ0) is 16.6. The summed E-state index contributed by atoms with van der Waals surface area (Å²) in [4.78, 5) is 4.05. The molecule has 0 aliphatic carbocycles. The molecule has 122 valence electrons. The van der Waals surface area contributed by atoms with Gasteiger partial charge < -0.3 is 9.47 Å². The van der Waals surface area contributed by atoms with Crippen molar-refractivity contribution in [3.63, 3.8) is 0 Å². The Hall–Kier alpha value is -1.99. The summed E-state index contributed by atoms with van der Waals surface area (Å²) in [6.45, 7) is 2.01. The average molecular weight is 355 g/mol. The number of benzene rings is 1. The van der Waals surface area contributed by atoms with Crippen LogP contribution in [0.25, 0.3) is 0 Å². The van der Waals surface area contributed by atoms with Gasteiger partial charge in [0.05, 0.1) is 25.5 Å². The minimum absolute atomic E-state index is 0.0818. The predicted octanol–water partition coefficient (Wildman–Crippen LogP) is 2.72. The summed E-state index contributed by atoms with van der Waals surface area (Å²) >= 11 is 6.01. The van der Waals surface area contributed by atoms with Crippen LogP contribution in [0.3, 0.4) is 0 Å². The molecule has 1 unspecified atom stereocenters. The minimum Gasteiger partial charge on any atom is -0.487 e. The third-order valence-corrected chi connectivity index (χ3v) is 5.45. The molecule has 1 aliphatic rings. The molecule has 1 atom stereocenters. The van der Waals surface area contributed by atoms with E-state index >= 15 is 0 Å². The topological polar surface area (TPSA) is 68.7 Å². The third kappa shape index (κ3) is 2.94. The van der Waals surface area contributed by atoms with Crippen molar-refractivity contribution < 1.29 is 17.9 Å². The highest BCUT2D eigenvalue weighted by atomic mass is 35.5. The van der Waals surface area contributed by atoms with E-state index in [9.17, 15) is 8.42 Å². The fraction of sp³-hybridized carbons (Fsp3) is 0.267. The van der Waals surface area contributed by atoms with E-state index < -0.39 is 10.0 Å². The molecule has 0 radical (unpaired) electrons. The van der Waals surface area contributed by atoms with Crippen LogP contribution >= 0.6 is 11.6 Å². The van der Waals surface area contributed by atoms with Gasteiger partial charge in [-0.1, -0.05) is 11.6 Å². The van der Waals surface area contributed by atoms with Gasteiger partial charge in [-0.05, 0) is 31.2 Å². The second kappa shape index (κ2) is 5.90. The Morgan fingerprint density at radius 3 is 2.78 bits per heavy atom. The number of sulfonamides is 1. The largest absolute Gasteiger partial charge is 0.487 e. The van der Waals surface area contributed by atoms with Crippen molar-refractivity contribution >= 4 is 27.3 Å². The molecule has 0 amide bonds. The fourth-order valence-corrected chi connectivity index (χ4v) is 4.02. The summed E-state index contributed by atoms with van der Waals surface area (Å²) in [6, 6.07) is 7.89. The molecule has 23 heavy (non-hydrogen) atoms. The molecule has 2 aromatic rings. The number of fused-ring (bicyclic) bond motifs is 1. The predicted molar refractivity (Wildman–Crippen MR) is 86.9 cm³/mol. The molecule has 0 saturated heterocycles. The van der Waals surface area contributed by atoms with Crippen molar-refractivity contribution in [2.45, 2.75) is 17.9 Å². The molecule has 0 saturated carbocycles. The van der Waals surface area contributed by atoms with E-state index in [1.807, 2.05) is 6.92 Å². The summed E-state index contributed by atoms with van der Waals surface area (Å²) in [5, 5.41) is 0.440. The first-order chi connectivity index (χ1) is 10.9. The summed E-state index contributed by atoms with van der Waals surface area (Å²) in [6.07, 6.45) is 1.00. The van der Waals surface area contributed by atoms with Crippen LogP contribution in [0.1, 0.15) is 6.92 Å². The van der Waals surface area contributed by atoms with Crippen molar-refractivity contribution in [2.24, 2.45) is 0 Å². The number of nitrogens with zero attached hydrogens (tertiary/aromatic N) is 2. The molecule has 0 fully saturated rings. The zero-order valence-corrected chi connectivity index (χ0v) is 14.1. The van der Waals surface area contributed by atoms with Crippen molar-refractivity contribution in [1.29, 1.82) is 0 Å². The molecule has 1 aliphatic heterocycles. The molecule has 0 bridgehead atoms. The molecule has 1 aromatic carbocycles. The monoisotopic (exact) mass is 354 g/mol. The number of aromatic nitrogens is 1. The first-order valence-electron chi connectivity index (χ1n) is 6.91. The molecule has 0 spiro atoms. The van der Waals surface area contributed by atoms with Crippen LogP contribution in [0, 0.1) is 0 Å². The van der Waals surface area contributed by atoms with Gasteiger partial charge in [0.15, 0.2) is 0 Å². The number of hydrogen-bond donors (Lipinski definition) is 0. The van der Waals surface area contributed by atoms with E-state index in [0.29, 0.717) is 22.3 Å². The number of hydrogen-bond acceptors (Lipinski definition) is 5. The second-order valence-electron chi connectivity index (χ2n) is 5.11. The molecule has 6 nitrogen and oxygen atoms in total. The van der Waals surface area contributed by atoms with Gasteiger partial charge in [0.1, 0.15) is 16.7 Å². The van der Waals surface area contributed by atoms with Crippen LogP contribution in [0.15, 0.2) is 41.4 Å². The summed E-state index contributed by atoms with van der Waals surface area (Å²) in [7, 11) is -2.30. The van der Waals surface area contributed by atoms with Gasteiger partial charge >= 0.3 is 0 Å². The van der Waals surface area contributed by atoms with Crippen LogP contribution < -0.4 is 13.8 Å². The smallest absolute Gasteiger partial charge is 0.266 e. The quantitative estimate of drug-likeness (QED) is 0.847. The lowest BCUT2D eigenvalue weighted by atomic mass is 10.2. The fourth-order valence-electron chi connectivity index (χ4n) is 2.37. The van der Waals surface area contributed by atoms with Crippen LogP contribution in [0.4, 0.5) is 5.69 Å². The van der Waals surface area contributed by atoms with E-state index in [1.54, 1.807) is 18.2 Å². The number of pyridine rings is 1. The van der Waals surface area contributed by atoms with E-state index in [2.05, 4.69) is 4.98 Å². The van der Waals surface area contributed by atoms with Gasteiger partial charge in [0, 0.05) is 11.1 Å². The van der Waals surface area contributed by atoms with Crippen molar-refractivity contribution in [3.05, 3.63) is 41.6 Å². The van der Waals surface area contributed by atoms with Gasteiger partial charge in [0.25, 0.3) is 10.0 Å². The van der Waals surface area contributed by atoms with Crippen molar-refractivity contribution in [2.75, 3.05) is 18.0 Å². The number of anilines is 1. The number of halogens is 1. The van der Waals surface area contributed by atoms with Crippen LogP contribution in [0.2, 0.25) is 5.02 Å². The Morgan fingerprint density at radius 2 is 2.13 bits per heavy atom. The van der Waals surface area contributed by atoms with Gasteiger partial charge in [-0.3, -0.25) is 4.31 Å². The van der Waals surface area contributed by atoms with E-state index in [0.717, 1.165) is 0 Å². The van der Waals surface area contributed by atoms with Gasteiger partial charge in [0.2, 0.25) is 5.88 Å². The van der Waals surface area contributed by atoms with Crippen molar-refractivity contribution in [1.82, 2.24) is 4.98 Å². The second-order valence-corrected chi connectivity index (χ2v) is 7.41. The Bertz CT molecular complexity index is 824. The maximum atomic E-state index is 13.0. The number of ether oxygens (including phenoxy) is 2. The number of methoxy groups -OCH3 is 1. The first-order valence-corrected chi connectivity index (χ1v) is 8.72. The Morgan fingerprint density at radius 1 is 1.35 bits per heavy atom. The molecule has 1 aromatic heterocycles. The van der Waals surface area contributed by atoms with Gasteiger partial charge in [-0.15, -0.1) is 0 Å². The molecule has 8 heteroatoms. The summed E-state index contributed by atoms with van der Waals surface area (Å²) in [5.74, 6) is 0.834. The lowest BCUT2D eigenvalue weighted by molar-refractivity contribution is 0.219. The zero-order valence-electron chi connectivity index (χ0n) is 12.6. The normalized spacial score (nSPS) is 17.3. The Balaban J connectivity index is 2.07. The highest BCUT2D eigenvalue weighted by molar-refractivity contribution is 7.92. The van der Waals surface area contributed by atoms with E-state index in [-0.39, 0.29) is 17.5 Å².